The molecule has 2 heterocycles. The molecule has 0 saturated heterocycles. The van der Waals surface area contributed by atoms with Crippen molar-refractivity contribution in [1.29, 1.82) is 0 Å². The number of hydrogen-bond donors (Lipinski definition) is 0. The number of imidazole rings is 1. The van der Waals surface area contributed by atoms with E-state index < -0.39 is 0 Å². The van der Waals surface area contributed by atoms with E-state index in [-0.39, 0.29) is 0 Å². The zero-order valence-electron chi connectivity index (χ0n) is 14.2. The van der Waals surface area contributed by atoms with Crippen molar-refractivity contribution in [2.24, 2.45) is 5.16 Å². The summed E-state index contributed by atoms with van der Waals surface area (Å²) in [5.41, 5.74) is 4.95. The summed E-state index contributed by atoms with van der Waals surface area (Å²) in [6.45, 7) is 4.35. The van der Waals surface area contributed by atoms with Gasteiger partial charge in [0.25, 0.3) is 0 Å². The number of benzene rings is 2. The van der Waals surface area contributed by atoms with Gasteiger partial charge in [0.1, 0.15) is 6.61 Å². The second kappa shape index (κ2) is 6.91. The van der Waals surface area contributed by atoms with Gasteiger partial charge >= 0.3 is 0 Å². The van der Waals surface area contributed by atoms with Crippen molar-refractivity contribution in [2.45, 2.75) is 20.5 Å². The van der Waals surface area contributed by atoms with Crippen LogP contribution in [0.25, 0.3) is 16.0 Å². The van der Waals surface area contributed by atoms with Crippen LogP contribution in [0.15, 0.2) is 47.6 Å². The highest BCUT2D eigenvalue weighted by atomic mass is 35.5. The number of hydrogen-bond acceptors (Lipinski definition) is 4. The molecule has 0 unspecified atom stereocenters. The summed E-state index contributed by atoms with van der Waals surface area (Å²) in [4.78, 5) is 12.2. The number of fused-ring (bicyclic) bond motifs is 3. The Morgan fingerprint density at radius 1 is 1.19 bits per heavy atom. The van der Waals surface area contributed by atoms with E-state index in [2.05, 4.69) is 27.5 Å². The number of thiazole rings is 1. The lowest BCUT2D eigenvalue weighted by atomic mass is 10.2. The molecule has 4 rings (SSSR count). The molecule has 0 amide bonds. The molecule has 0 aliphatic carbocycles. The highest BCUT2D eigenvalue weighted by Crippen LogP contribution is 2.28. The minimum atomic E-state index is 0.332. The van der Waals surface area contributed by atoms with Crippen molar-refractivity contribution in [3.63, 3.8) is 0 Å². The number of rotatable bonds is 4. The highest BCUT2D eigenvalue weighted by Gasteiger charge is 2.15. The summed E-state index contributed by atoms with van der Waals surface area (Å²) in [5.74, 6) is 0. The van der Waals surface area contributed by atoms with Crippen LogP contribution in [0.3, 0.4) is 0 Å². The molecule has 132 valence electrons. The maximum atomic E-state index is 6.02. The fraction of sp³-hybridized carbons (Fsp3) is 0.158. The van der Waals surface area contributed by atoms with Crippen molar-refractivity contribution in [3.05, 3.63) is 68.6 Å². The lowest BCUT2D eigenvalue weighted by Gasteiger charge is -2.04. The molecule has 4 aromatic rings. The molecular formula is C19H15Cl2N3OS. The molecule has 0 aliphatic rings. The van der Waals surface area contributed by atoms with Gasteiger partial charge < -0.3 is 4.84 Å². The van der Waals surface area contributed by atoms with Gasteiger partial charge in [-0.2, -0.15) is 0 Å². The number of para-hydroxylation sites is 2. The first-order chi connectivity index (χ1) is 12.5. The minimum absolute atomic E-state index is 0.332. The first-order valence-corrected chi connectivity index (χ1v) is 9.59. The van der Waals surface area contributed by atoms with Gasteiger partial charge in [0.05, 0.1) is 31.7 Å². The van der Waals surface area contributed by atoms with Gasteiger partial charge in [0.2, 0.25) is 0 Å². The maximum Gasteiger partial charge on any atom is 0.195 e. The Labute approximate surface area is 164 Å². The van der Waals surface area contributed by atoms with E-state index >= 15 is 0 Å². The van der Waals surface area contributed by atoms with E-state index in [1.165, 1.54) is 0 Å². The Hall–Kier alpha value is -2.08. The number of nitrogens with zero attached hydrogens (tertiary/aromatic N) is 3. The average Bonchev–Trinajstić information content (AvgIpc) is 3.15. The van der Waals surface area contributed by atoms with E-state index in [4.69, 9.17) is 28.0 Å². The maximum absolute atomic E-state index is 6.02. The van der Waals surface area contributed by atoms with Gasteiger partial charge in [-0.05, 0) is 43.7 Å². The molecule has 4 nitrogen and oxygen atoms in total. The molecule has 0 atom stereocenters. The van der Waals surface area contributed by atoms with Crippen LogP contribution >= 0.6 is 34.5 Å². The van der Waals surface area contributed by atoms with E-state index in [1.807, 2.05) is 31.2 Å². The Morgan fingerprint density at radius 2 is 2.00 bits per heavy atom. The Kier molecular flexibility index (Phi) is 4.61. The normalized spacial score (nSPS) is 12.2. The van der Waals surface area contributed by atoms with E-state index in [0.717, 1.165) is 37.8 Å². The average molecular weight is 404 g/mol. The van der Waals surface area contributed by atoms with E-state index in [9.17, 15) is 0 Å². The van der Waals surface area contributed by atoms with Crippen LogP contribution in [-0.4, -0.2) is 15.1 Å². The zero-order valence-corrected chi connectivity index (χ0v) is 16.5. The molecule has 2 aromatic heterocycles. The third kappa shape index (κ3) is 3.07. The first-order valence-electron chi connectivity index (χ1n) is 8.02. The molecule has 0 radical (unpaired) electrons. The van der Waals surface area contributed by atoms with Crippen LogP contribution in [0.4, 0.5) is 0 Å². The third-order valence-electron chi connectivity index (χ3n) is 4.13. The summed E-state index contributed by atoms with van der Waals surface area (Å²) in [6, 6.07) is 13.5. The largest absolute Gasteiger partial charge is 0.391 e. The molecule has 0 aliphatic heterocycles. The van der Waals surface area contributed by atoms with Crippen LogP contribution < -0.4 is 0 Å². The Morgan fingerprint density at radius 3 is 2.81 bits per heavy atom. The third-order valence-corrected chi connectivity index (χ3v) is 6.12. The Bertz CT molecular complexity index is 1150. The van der Waals surface area contributed by atoms with Gasteiger partial charge in [0, 0.05) is 5.69 Å². The highest BCUT2D eigenvalue weighted by molar-refractivity contribution is 7.19. The van der Waals surface area contributed by atoms with Crippen molar-refractivity contribution in [1.82, 2.24) is 9.38 Å². The van der Waals surface area contributed by atoms with Crippen LogP contribution in [0, 0.1) is 6.92 Å². The van der Waals surface area contributed by atoms with Crippen molar-refractivity contribution in [3.8, 4) is 0 Å². The molecule has 0 fully saturated rings. The molecule has 0 N–H and O–H groups in total. The van der Waals surface area contributed by atoms with Gasteiger partial charge in [-0.25, -0.2) is 4.98 Å². The fourth-order valence-corrected chi connectivity index (χ4v) is 4.27. The number of halogens is 2. The quantitative estimate of drug-likeness (QED) is 0.304. The van der Waals surface area contributed by atoms with Crippen molar-refractivity contribution < 1.29 is 4.84 Å². The number of aryl methyl sites for hydroxylation is 1. The SMILES string of the molecule is C/C(=N/OCc1ccc(Cl)c(Cl)c1)c1sc2nc3ccccc3n2c1C. The smallest absolute Gasteiger partial charge is 0.195 e. The van der Waals surface area contributed by atoms with Gasteiger partial charge in [-0.1, -0.05) is 57.9 Å². The minimum Gasteiger partial charge on any atom is -0.391 e. The lowest BCUT2D eigenvalue weighted by molar-refractivity contribution is 0.130. The van der Waals surface area contributed by atoms with Crippen LogP contribution in [0.2, 0.25) is 10.0 Å². The predicted octanol–water partition coefficient (Wildman–Crippen LogP) is 6.11. The van der Waals surface area contributed by atoms with Crippen molar-refractivity contribution >= 4 is 56.2 Å². The lowest BCUT2D eigenvalue weighted by Crippen LogP contribution is -1.98. The predicted molar refractivity (Wildman–Crippen MR) is 109 cm³/mol. The fourth-order valence-electron chi connectivity index (χ4n) is 2.87. The van der Waals surface area contributed by atoms with Crippen LogP contribution in [-0.2, 0) is 11.4 Å². The van der Waals surface area contributed by atoms with E-state index in [0.29, 0.717) is 16.7 Å². The van der Waals surface area contributed by atoms with E-state index in [1.54, 1.807) is 23.5 Å². The van der Waals surface area contributed by atoms with Crippen LogP contribution in [0.1, 0.15) is 23.1 Å². The summed E-state index contributed by atoms with van der Waals surface area (Å²) >= 11 is 13.6. The summed E-state index contributed by atoms with van der Waals surface area (Å²) in [7, 11) is 0. The summed E-state index contributed by atoms with van der Waals surface area (Å²) in [6.07, 6.45) is 0. The molecule has 26 heavy (non-hydrogen) atoms. The van der Waals surface area contributed by atoms with Crippen LogP contribution in [0.5, 0.6) is 0 Å². The first kappa shape index (κ1) is 17.3. The molecule has 0 spiro atoms. The monoisotopic (exact) mass is 403 g/mol. The topological polar surface area (TPSA) is 38.9 Å². The Balaban J connectivity index is 1.59. The summed E-state index contributed by atoms with van der Waals surface area (Å²) in [5, 5.41) is 5.30. The van der Waals surface area contributed by atoms with Gasteiger partial charge in [0.15, 0.2) is 4.96 Å². The van der Waals surface area contributed by atoms with Crippen molar-refractivity contribution in [2.75, 3.05) is 0 Å². The standard InChI is InChI=1S/C19H15Cl2N3OS/c1-11(23-25-10-13-7-8-14(20)15(21)9-13)18-12(2)24-17-6-4-3-5-16(17)22-19(24)26-18/h3-9H,10H2,1-2H3/b23-11-. The number of oxime groups is 1. The number of aromatic nitrogens is 2. The van der Waals surface area contributed by atoms with Gasteiger partial charge in [-0.15, -0.1) is 0 Å². The second-order valence-electron chi connectivity index (χ2n) is 5.93. The molecular weight excluding hydrogens is 389 g/mol. The molecule has 0 saturated carbocycles. The summed E-state index contributed by atoms with van der Waals surface area (Å²) < 4.78 is 2.16. The van der Waals surface area contributed by atoms with Gasteiger partial charge in [-0.3, -0.25) is 4.40 Å². The molecule has 0 bridgehead atoms. The molecule has 7 heteroatoms. The molecule has 2 aromatic carbocycles. The zero-order chi connectivity index (χ0) is 18.3. The second-order valence-corrected chi connectivity index (χ2v) is 7.73.